The standard InChI is InChI=1S/C17H19F2N3O4S/c1-10(17(23)21-14-6-4-11(18)8-13(14)19)20-12-5-7-16(26-2)15(9-12)22-27(3,24)25/h4-10,20,22H,1-3H3,(H,21,23). The minimum absolute atomic E-state index is 0.149. The molecule has 0 spiro atoms. The molecule has 3 N–H and O–H groups in total. The Labute approximate surface area is 155 Å². The normalized spacial score (nSPS) is 12.2. The Bertz CT molecular complexity index is 951. The Morgan fingerprint density at radius 1 is 1.11 bits per heavy atom. The molecule has 1 amide bonds. The molecule has 2 aromatic rings. The van der Waals surface area contributed by atoms with Crippen LogP contribution in [0.25, 0.3) is 0 Å². The van der Waals surface area contributed by atoms with Crippen molar-refractivity contribution in [2.45, 2.75) is 13.0 Å². The molecule has 0 aromatic heterocycles. The average molecular weight is 399 g/mol. The van der Waals surface area contributed by atoms with E-state index in [9.17, 15) is 22.0 Å². The van der Waals surface area contributed by atoms with Crippen molar-refractivity contribution in [1.29, 1.82) is 0 Å². The summed E-state index contributed by atoms with van der Waals surface area (Å²) in [6, 6.07) is 6.60. The molecule has 0 heterocycles. The van der Waals surface area contributed by atoms with Gasteiger partial charge in [0.2, 0.25) is 15.9 Å². The second-order valence-corrected chi connectivity index (χ2v) is 7.52. The van der Waals surface area contributed by atoms with Crippen LogP contribution in [0.15, 0.2) is 36.4 Å². The van der Waals surface area contributed by atoms with E-state index in [0.717, 1.165) is 18.4 Å². The molecule has 1 unspecified atom stereocenters. The highest BCUT2D eigenvalue weighted by Crippen LogP contribution is 2.29. The van der Waals surface area contributed by atoms with Gasteiger partial charge in [0.1, 0.15) is 23.4 Å². The topological polar surface area (TPSA) is 96.5 Å². The van der Waals surface area contributed by atoms with Crippen LogP contribution in [-0.4, -0.2) is 33.7 Å². The van der Waals surface area contributed by atoms with Gasteiger partial charge >= 0.3 is 0 Å². The van der Waals surface area contributed by atoms with Crippen LogP contribution in [0, 0.1) is 11.6 Å². The quantitative estimate of drug-likeness (QED) is 0.665. The van der Waals surface area contributed by atoms with Gasteiger partial charge in [0, 0.05) is 11.8 Å². The molecule has 146 valence electrons. The third-order valence-corrected chi connectivity index (χ3v) is 4.05. The van der Waals surface area contributed by atoms with Gasteiger partial charge in [-0.1, -0.05) is 0 Å². The molecule has 1 atom stereocenters. The molecule has 0 radical (unpaired) electrons. The Kier molecular flexibility index (Phi) is 6.21. The minimum atomic E-state index is -3.53. The van der Waals surface area contributed by atoms with Crippen molar-refractivity contribution in [3.63, 3.8) is 0 Å². The van der Waals surface area contributed by atoms with Crippen LogP contribution in [0.5, 0.6) is 5.75 Å². The van der Waals surface area contributed by atoms with Gasteiger partial charge in [-0.05, 0) is 37.3 Å². The van der Waals surface area contributed by atoms with Gasteiger partial charge in [-0.2, -0.15) is 0 Å². The minimum Gasteiger partial charge on any atom is -0.495 e. The molecular formula is C17H19F2N3O4S. The molecule has 0 bridgehead atoms. The lowest BCUT2D eigenvalue weighted by molar-refractivity contribution is -0.116. The van der Waals surface area contributed by atoms with Crippen LogP contribution in [0.1, 0.15) is 6.92 Å². The summed E-state index contributed by atoms with van der Waals surface area (Å²) in [5, 5.41) is 5.22. The van der Waals surface area contributed by atoms with Crippen molar-refractivity contribution < 1.29 is 26.7 Å². The van der Waals surface area contributed by atoms with E-state index in [0.29, 0.717) is 17.5 Å². The number of hydrogen-bond donors (Lipinski definition) is 3. The predicted octanol–water partition coefficient (Wildman–Crippen LogP) is 2.78. The van der Waals surface area contributed by atoms with E-state index in [1.165, 1.54) is 26.2 Å². The van der Waals surface area contributed by atoms with Gasteiger partial charge in [-0.25, -0.2) is 17.2 Å². The monoisotopic (exact) mass is 399 g/mol. The molecular weight excluding hydrogens is 380 g/mol. The van der Waals surface area contributed by atoms with Crippen LogP contribution in [0.3, 0.4) is 0 Å². The first kappa shape index (κ1) is 20.4. The summed E-state index contributed by atoms with van der Waals surface area (Å²) in [6.07, 6.45) is 1.000. The van der Waals surface area contributed by atoms with Crippen LogP contribution >= 0.6 is 0 Å². The van der Waals surface area contributed by atoms with Crippen molar-refractivity contribution in [2.24, 2.45) is 0 Å². The van der Waals surface area contributed by atoms with Gasteiger partial charge in [0.15, 0.2) is 0 Å². The van der Waals surface area contributed by atoms with Crippen molar-refractivity contribution in [2.75, 3.05) is 28.7 Å². The maximum atomic E-state index is 13.6. The molecule has 0 saturated heterocycles. The fourth-order valence-corrected chi connectivity index (χ4v) is 2.78. The summed E-state index contributed by atoms with van der Waals surface area (Å²) in [7, 11) is -2.14. The second kappa shape index (κ2) is 8.21. The lowest BCUT2D eigenvalue weighted by atomic mass is 10.2. The number of anilines is 3. The molecule has 0 aliphatic rings. The fraction of sp³-hybridized carbons (Fsp3) is 0.235. The Morgan fingerprint density at radius 3 is 2.41 bits per heavy atom. The second-order valence-electron chi connectivity index (χ2n) is 5.77. The Balaban J connectivity index is 2.13. The molecule has 0 aliphatic carbocycles. The van der Waals surface area contributed by atoms with Crippen molar-refractivity contribution in [1.82, 2.24) is 0 Å². The van der Waals surface area contributed by atoms with Crippen LogP contribution < -0.4 is 20.1 Å². The number of hydrogen-bond acceptors (Lipinski definition) is 5. The molecule has 0 fully saturated rings. The number of carbonyl (C=O) groups is 1. The number of benzene rings is 2. The third-order valence-electron chi connectivity index (χ3n) is 3.46. The number of sulfonamides is 1. The maximum Gasteiger partial charge on any atom is 0.246 e. The molecule has 10 heteroatoms. The number of nitrogens with one attached hydrogen (secondary N) is 3. The lowest BCUT2D eigenvalue weighted by Crippen LogP contribution is -2.32. The number of amides is 1. The third kappa shape index (κ3) is 5.81. The summed E-state index contributed by atoms with van der Waals surface area (Å²) >= 11 is 0. The summed E-state index contributed by atoms with van der Waals surface area (Å²) in [5.41, 5.74) is 0.482. The molecule has 0 saturated carbocycles. The Morgan fingerprint density at radius 2 is 1.81 bits per heavy atom. The molecule has 2 aromatic carbocycles. The summed E-state index contributed by atoms with van der Waals surface area (Å²) in [4.78, 5) is 12.2. The first-order valence-electron chi connectivity index (χ1n) is 7.77. The summed E-state index contributed by atoms with van der Waals surface area (Å²) in [6.45, 7) is 1.53. The highest BCUT2D eigenvalue weighted by Gasteiger charge is 2.16. The highest BCUT2D eigenvalue weighted by molar-refractivity contribution is 7.92. The number of carbonyl (C=O) groups excluding carboxylic acids is 1. The zero-order chi connectivity index (χ0) is 20.2. The lowest BCUT2D eigenvalue weighted by Gasteiger charge is -2.17. The maximum absolute atomic E-state index is 13.6. The molecule has 2 rings (SSSR count). The SMILES string of the molecule is COc1ccc(NC(C)C(=O)Nc2ccc(F)cc2F)cc1NS(C)(=O)=O. The molecule has 27 heavy (non-hydrogen) atoms. The first-order valence-corrected chi connectivity index (χ1v) is 9.66. The zero-order valence-electron chi connectivity index (χ0n) is 14.8. The first-order chi connectivity index (χ1) is 12.6. The van der Waals surface area contributed by atoms with Gasteiger partial charge in [0.25, 0.3) is 0 Å². The number of halogens is 2. The predicted molar refractivity (Wildman–Crippen MR) is 99.5 cm³/mol. The summed E-state index contributed by atoms with van der Waals surface area (Å²) < 4.78 is 56.9. The van der Waals surface area contributed by atoms with Gasteiger partial charge in [-0.3, -0.25) is 9.52 Å². The number of methoxy groups -OCH3 is 1. The molecule has 7 nitrogen and oxygen atoms in total. The highest BCUT2D eigenvalue weighted by atomic mass is 32.2. The van der Waals surface area contributed by atoms with E-state index in [1.54, 1.807) is 6.07 Å². The van der Waals surface area contributed by atoms with E-state index >= 15 is 0 Å². The van der Waals surface area contributed by atoms with E-state index in [2.05, 4.69) is 15.4 Å². The average Bonchev–Trinajstić information content (AvgIpc) is 2.56. The van der Waals surface area contributed by atoms with E-state index in [-0.39, 0.29) is 11.4 Å². The fourth-order valence-electron chi connectivity index (χ4n) is 2.22. The van der Waals surface area contributed by atoms with Gasteiger partial charge in [-0.15, -0.1) is 0 Å². The van der Waals surface area contributed by atoms with Crippen LogP contribution in [0.4, 0.5) is 25.8 Å². The summed E-state index contributed by atoms with van der Waals surface area (Å²) in [5.74, 6) is -1.90. The van der Waals surface area contributed by atoms with Crippen molar-refractivity contribution in [3.8, 4) is 5.75 Å². The number of rotatable bonds is 7. The van der Waals surface area contributed by atoms with Gasteiger partial charge < -0.3 is 15.4 Å². The zero-order valence-corrected chi connectivity index (χ0v) is 15.7. The van der Waals surface area contributed by atoms with Crippen molar-refractivity contribution >= 4 is 33.0 Å². The van der Waals surface area contributed by atoms with Crippen LogP contribution in [0.2, 0.25) is 0 Å². The van der Waals surface area contributed by atoms with Crippen LogP contribution in [-0.2, 0) is 14.8 Å². The Hall–Kier alpha value is -2.88. The van der Waals surface area contributed by atoms with Gasteiger partial charge in [0.05, 0.1) is 24.7 Å². The molecule has 0 aliphatic heterocycles. The van der Waals surface area contributed by atoms with Crippen molar-refractivity contribution in [3.05, 3.63) is 48.0 Å². The van der Waals surface area contributed by atoms with E-state index < -0.39 is 33.6 Å². The van der Waals surface area contributed by atoms with E-state index in [4.69, 9.17) is 4.74 Å². The smallest absolute Gasteiger partial charge is 0.246 e. The largest absolute Gasteiger partial charge is 0.495 e. The van der Waals surface area contributed by atoms with E-state index in [1.807, 2.05) is 0 Å². The number of ether oxygens (including phenoxy) is 1.